The Balaban J connectivity index is 1.69. The van der Waals surface area contributed by atoms with Crippen LogP contribution in [0.1, 0.15) is 25.0 Å². The summed E-state index contributed by atoms with van der Waals surface area (Å²) in [5, 5.41) is 4.19. The molecular weight excluding hydrogens is 310 g/mol. The molecule has 0 saturated heterocycles. The molecule has 0 aliphatic heterocycles. The number of aromatic amines is 1. The van der Waals surface area contributed by atoms with Crippen molar-refractivity contribution < 1.29 is 4.79 Å². The zero-order valence-electron chi connectivity index (χ0n) is 15.1. The molecular formula is C21H25N3O. The van der Waals surface area contributed by atoms with Gasteiger partial charge in [0.1, 0.15) is 0 Å². The van der Waals surface area contributed by atoms with Crippen LogP contribution in [-0.4, -0.2) is 24.0 Å². The number of benzene rings is 2. The molecule has 0 unspecified atom stereocenters. The molecule has 4 heteroatoms. The van der Waals surface area contributed by atoms with Crippen LogP contribution in [0.2, 0.25) is 0 Å². The molecule has 0 aliphatic rings. The largest absolute Gasteiger partial charge is 0.372 e. The summed E-state index contributed by atoms with van der Waals surface area (Å²) in [5.41, 5.74) is 5.21. The van der Waals surface area contributed by atoms with Crippen LogP contribution in [0.5, 0.6) is 0 Å². The number of H-pyrrole nitrogens is 1. The molecule has 0 fully saturated rings. The quantitative estimate of drug-likeness (QED) is 0.696. The van der Waals surface area contributed by atoms with Gasteiger partial charge in [-0.2, -0.15) is 0 Å². The summed E-state index contributed by atoms with van der Waals surface area (Å²) in [6.45, 7) is 8.28. The van der Waals surface area contributed by atoms with Crippen LogP contribution < -0.4 is 10.2 Å². The summed E-state index contributed by atoms with van der Waals surface area (Å²) in [7, 11) is 0. The third-order valence-corrected chi connectivity index (χ3v) is 4.60. The van der Waals surface area contributed by atoms with E-state index in [1.54, 1.807) is 0 Å². The first-order valence-electron chi connectivity index (χ1n) is 8.82. The number of rotatable bonds is 6. The fourth-order valence-corrected chi connectivity index (χ4v) is 3.16. The lowest BCUT2D eigenvalue weighted by atomic mass is 10.1. The van der Waals surface area contributed by atoms with Crippen molar-refractivity contribution >= 4 is 28.2 Å². The van der Waals surface area contributed by atoms with Gasteiger partial charge in [0.25, 0.3) is 0 Å². The first-order chi connectivity index (χ1) is 12.1. The van der Waals surface area contributed by atoms with Crippen molar-refractivity contribution in [1.29, 1.82) is 0 Å². The standard InChI is InChI=1S/C21H25N3O/c1-4-24(5-2)18-8-9-19(15(3)12-18)23-21(25)14-16-6-7-17-10-11-22-20(17)13-16/h6-13,22H,4-5,14H2,1-3H3,(H,23,25). The minimum atomic E-state index is 0.00425. The Labute approximate surface area is 148 Å². The van der Waals surface area contributed by atoms with Gasteiger partial charge in [-0.1, -0.05) is 12.1 Å². The van der Waals surface area contributed by atoms with E-state index in [1.165, 1.54) is 5.69 Å². The third kappa shape index (κ3) is 3.85. The van der Waals surface area contributed by atoms with E-state index in [1.807, 2.05) is 43.5 Å². The summed E-state index contributed by atoms with van der Waals surface area (Å²) in [5.74, 6) is 0.00425. The van der Waals surface area contributed by atoms with Crippen molar-refractivity contribution in [1.82, 2.24) is 4.98 Å². The number of amides is 1. The smallest absolute Gasteiger partial charge is 0.228 e. The fourth-order valence-electron chi connectivity index (χ4n) is 3.16. The molecule has 1 heterocycles. The molecule has 3 rings (SSSR count). The van der Waals surface area contributed by atoms with Crippen molar-refractivity contribution in [2.75, 3.05) is 23.3 Å². The van der Waals surface area contributed by atoms with Crippen LogP contribution in [0.25, 0.3) is 10.9 Å². The van der Waals surface area contributed by atoms with Gasteiger partial charge in [-0.3, -0.25) is 4.79 Å². The molecule has 3 aromatic rings. The van der Waals surface area contributed by atoms with Gasteiger partial charge in [0.05, 0.1) is 6.42 Å². The highest BCUT2D eigenvalue weighted by atomic mass is 16.1. The Bertz CT molecular complexity index is 878. The van der Waals surface area contributed by atoms with Crippen LogP contribution in [-0.2, 0) is 11.2 Å². The molecule has 4 nitrogen and oxygen atoms in total. The second-order valence-electron chi connectivity index (χ2n) is 6.30. The molecule has 0 spiro atoms. The topological polar surface area (TPSA) is 48.1 Å². The maximum atomic E-state index is 12.4. The molecule has 1 amide bonds. The summed E-state index contributed by atoms with van der Waals surface area (Å²) in [6, 6.07) is 14.3. The van der Waals surface area contributed by atoms with Crippen LogP contribution >= 0.6 is 0 Å². The number of nitrogens with zero attached hydrogens (tertiary/aromatic N) is 1. The van der Waals surface area contributed by atoms with Crippen molar-refractivity contribution in [2.24, 2.45) is 0 Å². The Morgan fingerprint density at radius 3 is 2.60 bits per heavy atom. The van der Waals surface area contributed by atoms with E-state index in [0.717, 1.165) is 40.8 Å². The Morgan fingerprint density at radius 2 is 1.88 bits per heavy atom. The molecule has 2 aromatic carbocycles. The number of fused-ring (bicyclic) bond motifs is 1. The number of anilines is 2. The number of carbonyl (C=O) groups is 1. The maximum absolute atomic E-state index is 12.4. The second-order valence-corrected chi connectivity index (χ2v) is 6.30. The molecule has 0 bridgehead atoms. The van der Waals surface area contributed by atoms with Gasteiger partial charge >= 0.3 is 0 Å². The van der Waals surface area contributed by atoms with Crippen LogP contribution in [0.4, 0.5) is 11.4 Å². The predicted molar refractivity (Wildman–Crippen MR) is 105 cm³/mol. The maximum Gasteiger partial charge on any atom is 0.228 e. The van der Waals surface area contributed by atoms with Gasteiger partial charge in [-0.05, 0) is 67.6 Å². The minimum Gasteiger partial charge on any atom is -0.372 e. The summed E-state index contributed by atoms with van der Waals surface area (Å²) in [4.78, 5) is 17.9. The van der Waals surface area contributed by atoms with Crippen molar-refractivity contribution in [3.05, 3.63) is 59.8 Å². The van der Waals surface area contributed by atoms with E-state index in [2.05, 4.69) is 41.2 Å². The van der Waals surface area contributed by atoms with Gasteiger partial charge in [0.15, 0.2) is 0 Å². The molecule has 0 saturated carbocycles. The normalized spacial score (nSPS) is 10.8. The number of carbonyl (C=O) groups excluding carboxylic acids is 1. The van der Waals surface area contributed by atoms with Crippen LogP contribution in [0.15, 0.2) is 48.7 Å². The Kier molecular flexibility index (Phi) is 5.08. The molecule has 25 heavy (non-hydrogen) atoms. The highest BCUT2D eigenvalue weighted by molar-refractivity contribution is 5.94. The van der Waals surface area contributed by atoms with Gasteiger partial charge in [-0.25, -0.2) is 0 Å². The first kappa shape index (κ1) is 17.1. The SMILES string of the molecule is CCN(CC)c1ccc(NC(=O)Cc2ccc3cc[nH]c3c2)c(C)c1. The molecule has 0 atom stereocenters. The van der Waals surface area contributed by atoms with Gasteiger partial charge < -0.3 is 15.2 Å². The zero-order chi connectivity index (χ0) is 17.8. The molecule has 1 aromatic heterocycles. The van der Waals surface area contributed by atoms with Crippen LogP contribution in [0.3, 0.4) is 0 Å². The minimum absolute atomic E-state index is 0.00425. The lowest BCUT2D eigenvalue weighted by Gasteiger charge is -2.22. The van der Waals surface area contributed by atoms with Crippen molar-refractivity contribution in [3.8, 4) is 0 Å². The average molecular weight is 335 g/mol. The van der Waals surface area contributed by atoms with Gasteiger partial charge in [0.2, 0.25) is 5.91 Å². The molecule has 130 valence electrons. The van der Waals surface area contributed by atoms with E-state index in [0.29, 0.717) is 6.42 Å². The van der Waals surface area contributed by atoms with E-state index < -0.39 is 0 Å². The fraction of sp³-hybridized carbons (Fsp3) is 0.286. The lowest BCUT2D eigenvalue weighted by Crippen LogP contribution is -2.22. The lowest BCUT2D eigenvalue weighted by molar-refractivity contribution is -0.115. The number of nitrogens with one attached hydrogen (secondary N) is 2. The predicted octanol–water partition coefficient (Wildman–Crippen LogP) is 4.50. The van der Waals surface area contributed by atoms with Crippen LogP contribution in [0, 0.1) is 6.92 Å². The summed E-state index contributed by atoms with van der Waals surface area (Å²) < 4.78 is 0. The van der Waals surface area contributed by atoms with Crippen molar-refractivity contribution in [2.45, 2.75) is 27.2 Å². The molecule has 0 radical (unpaired) electrons. The average Bonchev–Trinajstić information content (AvgIpc) is 3.06. The molecule has 2 N–H and O–H groups in total. The van der Waals surface area contributed by atoms with E-state index in [4.69, 9.17) is 0 Å². The number of hydrogen-bond acceptors (Lipinski definition) is 2. The first-order valence-corrected chi connectivity index (χ1v) is 8.82. The van der Waals surface area contributed by atoms with E-state index in [9.17, 15) is 4.79 Å². The Morgan fingerprint density at radius 1 is 1.08 bits per heavy atom. The number of hydrogen-bond donors (Lipinski definition) is 2. The number of aromatic nitrogens is 1. The Hall–Kier alpha value is -2.75. The third-order valence-electron chi connectivity index (χ3n) is 4.60. The highest BCUT2D eigenvalue weighted by Crippen LogP contribution is 2.23. The van der Waals surface area contributed by atoms with Gasteiger partial charge in [0, 0.05) is 36.2 Å². The van der Waals surface area contributed by atoms with Crippen molar-refractivity contribution in [3.63, 3.8) is 0 Å². The van der Waals surface area contributed by atoms with Gasteiger partial charge in [-0.15, -0.1) is 0 Å². The zero-order valence-corrected chi connectivity index (χ0v) is 15.1. The highest BCUT2D eigenvalue weighted by Gasteiger charge is 2.09. The summed E-state index contributed by atoms with van der Waals surface area (Å²) >= 11 is 0. The van der Waals surface area contributed by atoms with E-state index in [-0.39, 0.29) is 5.91 Å². The monoisotopic (exact) mass is 335 g/mol. The number of aryl methyl sites for hydroxylation is 1. The second kappa shape index (κ2) is 7.43. The summed E-state index contributed by atoms with van der Waals surface area (Å²) in [6.07, 6.45) is 2.28. The van der Waals surface area contributed by atoms with E-state index >= 15 is 0 Å². The molecule has 0 aliphatic carbocycles.